The summed E-state index contributed by atoms with van der Waals surface area (Å²) in [5.41, 5.74) is 2.37. The lowest BCUT2D eigenvalue weighted by atomic mass is 10.1. The third-order valence-corrected chi connectivity index (χ3v) is 4.67. The van der Waals surface area contributed by atoms with E-state index in [1.54, 1.807) is 17.7 Å². The van der Waals surface area contributed by atoms with Crippen molar-refractivity contribution in [3.05, 3.63) is 17.3 Å². The Balaban J connectivity index is 1.91. The molecule has 1 aliphatic rings. The fraction of sp³-hybridized carbons (Fsp3) is 0.538. The first kappa shape index (κ1) is 11.9. The Morgan fingerprint density at radius 3 is 3.22 bits per heavy atom. The van der Waals surface area contributed by atoms with Crippen LogP contribution in [0, 0.1) is 12.8 Å². The highest BCUT2D eigenvalue weighted by molar-refractivity contribution is 7.18. The van der Waals surface area contributed by atoms with Crippen LogP contribution in [0.1, 0.15) is 12.0 Å². The average molecular weight is 262 g/mol. The molecule has 4 nitrogen and oxygen atoms in total. The van der Waals surface area contributed by atoms with Crippen LogP contribution in [0.15, 0.2) is 11.7 Å². The molecule has 3 rings (SSSR count). The lowest BCUT2D eigenvalue weighted by molar-refractivity contribution is 0.549. The van der Waals surface area contributed by atoms with Gasteiger partial charge in [0.15, 0.2) is 0 Å². The Morgan fingerprint density at radius 1 is 1.50 bits per heavy atom. The Labute approximate surface area is 111 Å². The highest BCUT2D eigenvalue weighted by atomic mass is 32.1. The van der Waals surface area contributed by atoms with Gasteiger partial charge in [0.2, 0.25) is 0 Å². The van der Waals surface area contributed by atoms with Crippen LogP contribution >= 0.6 is 11.3 Å². The molecule has 0 amide bonds. The van der Waals surface area contributed by atoms with E-state index in [4.69, 9.17) is 0 Å². The van der Waals surface area contributed by atoms with Crippen molar-refractivity contribution in [1.29, 1.82) is 0 Å². The fourth-order valence-electron chi connectivity index (χ4n) is 2.66. The maximum absolute atomic E-state index is 4.50. The van der Waals surface area contributed by atoms with Gasteiger partial charge in [0.05, 0.1) is 10.2 Å². The zero-order chi connectivity index (χ0) is 12.5. The molecule has 0 saturated carbocycles. The van der Waals surface area contributed by atoms with Crippen LogP contribution in [0.5, 0.6) is 0 Å². The fourth-order valence-corrected chi connectivity index (χ4v) is 3.68. The van der Waals surface area contributed by atoms with E-state index in [1.807, 2.05) is 7.05 Å². The molecule has 18 heavy (non-hydrogen) atoms. The summed E-state index contributed by atoms with van der Waals surface area (Å²) in [4.78, 5) is 11.3. The van der Waals surface area contributed by atoms with Gasteiger partial charge in [-0.2, -0.15) is 0 Å². The van der Waals surface area contributed by atoms with Crippen molar-refractivity contribution in [2.24, 2.45) is 5.92 Å². The normalized spacial score (nSPS) is 19.9. The standard InChI is InChI=1S/C13H18N4S/c1-9-7-18-12-11(9)15-8-16-13(12)17-4-3-10(6-17)5-14-2/h7-8,10,14H,3-6H2,1-2H3. The number of nitrogens with zero attached hydrogens (tertiary/aromatic N) is 3. The molecule has 3 heterocycles. The number of aromatic nitrogens is 2. The van der Waals surface area contributed by atoms with Crippen molar-refractivity contribution >= 4 is 27.4 Å². The van der Waals surface area contributed by atoms with Crippen LogP contribution in [-0.2, 0) is 0 Å². The van der Waals surface area contributed by atoms with Crippen molar-refractivity contribution < 1.29 is 0 Å². The van der Waals surface area contributed by atoms with Crippen molar-refractivity contribution in [3.8, 4) is 0 Å². The third-order valence-electron chi connectivity index (χ3n) is 3.59. The van der Waals surface area contributed by atoms with Crippen molar-refractivity contribution in [3.63, 3.8) is 0 Å². The number of hydrogen-bond donors (Lipinski definition) is 1. The van der Waals surface area contributed by atoms with Gasteiger partial charge < -0.3 is 10.2 Å². The summed E-state index contributed by atoms with van der Waals surface area (Å²) >= 11 is 1.76. The summed E-state index contributed by atoms with van der Waals surface area (Å²) in [6, 6.07) is 0. The minimum Gasteiger partial charge on any atom is -0.355 e. The second kappa shape index (κ2) is 4.82. The molecule has 1 aliphatic heterocycles. The molecule has 2 aromatic rings. The van der Waals surface area contributed by atoms with Crippen LogP contribution in [0.2, 0.25) is 0 Å². The summed E-state index contributed by atoms with van der Waals surface area (Å²) < 4.78 is 1.24. The lowest BCUT2D eigenvalue weighted by Crippen LogP contribution is -2.25. The zero-order valence-electron chi connectivity index (χ0n) is 10.8. The first-order chi connectivity index (χ1) is 8.79. The summed E-state index contributed by atoms with van der Waals surface area (Å²) in [6.07, 6.45) is 2.94. The van der Waals surface area contributed by atoms with Gasteiger partial charge in [-0.3, -0.25) is 0 Å². The first-order valence-corrected chi connectivity index (χ1v) is 7.26. The van der Waals surface area contributed by atoms with Crippen LogP contribution in [-0.4, -0.2) is 36.6 Å². The number of hydrogen-bond acceptors (Lipinski definition) is 5. The van der Waals surface area contributed by atoms with Crippen LogP contribution in [0.3, 0.4) is 0 Å². The molecule has 0 radical (unpaired) electrons. The van der Waals surface area contributed by atoms with Gasteiger partial charge in [0, 0.05) is 13.1 Å². The molecule has 1 atom stereocenters. The lowest BCUT2D eigenvalue weighted by Gasteiger charge is -2.17. The van der Waals surface area contributed by atoms with Gasteiger partial charge in [0.1, 0.15) is 12.1 Å². The Bertz CT molecular complexity index is 551. The summed E-state index contributed by atoms with van der Waals surface area (Å²) in [7, 11) is 2.02. The Kier molecular flexibility index (Phi) is 3.18. The highest BCUT2D eigenvalue weighted by Crippen LogP contribution is 2.33. The van der Waals surface area contributed by atoms with Crippen molar-refractivity contribution in [1.82, 2.24) is 15.3 Å². The summed E-state index contributed by atoms with van der Waals surface area (Å²) in [5.74, 6) is 1.86. The monoisotopic (exact) mass is 262 g/mol. The van der Waals surface area contributed by atoms with E-state index in [-0.39, 0.29) is 0 Å². The van der Waals surface area contributed by atoms with Gasteiger partial charge in [-0.05, 0) is 43.8 Å². The molecule has 1 N–H and O–H groups in total. The first-order valence-electron chi connectivity index (χ1n) is 6.38. The third kappa shape index (κ3) is 1.97. The van der Waals surface area contributed by atoms with Gasteiger partial charge in [-0.15, -0.1) is 11.3 Å². The molecule has 1 unspecified atom stereocenters. The molecule has 1 fully saturated rings. The van der Waals surface area contributed by atoms with E-state index < -0.39 is 0 Å². The molecule has 5 heteroatoms. The maximum Gasteiger partial charge on any atom is 0.150 e. The van der Waals surface area contributed by atoms with E-state index in [0.29, 0.717) is 0 Å². The van der Waals surface area contributed by atoms with E-state index in [9.17, 15) is 0 Å². The van der Waals surface area contributed by atoms with Gasteiger partial charge in [-0.25, -0.2) is 9.97 Å². The predicted octanol–water partition coefficient (Wildman–Crippen LogP) is 2.05. The van der Waals surface area contributed by atoms with Crippen molar-refractivity contribution in [2.45, 2.75) is 13.3 Å². The summed E-state index contributed by atoms with van der Waals surface area (Å²) in [6.45, 7) is 5.41. The number of fused-ring (bicyclic) bond motifs is 1. The number of rotatable bonds is 3. The maximum atomic E-state index is 4.50. The van der Waals surface area contributed by atoms with E-state index in [0.717, 1.165) is 36.9 Å². The quantitative estimate of drug-likeness (QED) is 0.919. The average Bonchev–Trinajstić information content (AvgIpc) is 2.98. The zero-order valence-corrected chi connectivity index (χ0v) is 11.6. The molecular formula is C13H18N4S. The number of nitrogens with one attached hydrogen (secondary N) is 1. The Hall–Kier alpha value is -1.20. The molecular weight excluding hydrogens is 244 g/mol. The second-order valence-electron chi connectivity index (χ2n) is 4.95. The van der Waals surface area contributed by atoms with E-state index >= 15 is 0 Å². The van der Waals surface area contributed by atoms with Crippen LogP contribution in [0.25, 0.3) is 10.2 Å². The van der Waals surface area contributed by atoms with Gasteiger partial charge in [-0.1, -0.05) is 0 Å². The molecule has 0 aromatic carbocycles. The predicted molar refractivity (Wildman–Crippen MR) is 76.4 cm³/mol. The molecule has 96 valence electrons. The molecule has 2 aromatic heterocycles. The number of aryl methyl sites for hydroxylation is 1. The minimum absolute atomic E-state index is 0.737. The second-order valence-corrected chi connectivity index (χ2v) is 5.83. The van der Waals surface area contributed by atoms with Gasteiger partial charge >= 0.3 is 0 Å². The Morgan fingerprint density at radius 2 is 2.39 bits per heavy atom. The van der Waals surface area contributed by atoms with Crippen LogP contribution in [0.4, 0.5) is 5.82 Å². The van der Waals surface area contributed by atoms with Gasteiger partial charge in [0.25, 0.3) is 0 Å². The molecule has 0 aliphatic carbocycles. The smallest absolute Gasteiger partial charge is 0.150 e. The molecule has 0 bridgehead atoms. The highest BCUT2D eigenvalue weighted by Gasteiger charge is 2.24. The van der Waals surface area contributed by atoms with Crippen LogP contribution < -0.4 is 10.2 Å². The molecule has 1 saturated heterocycles. The summed E-state index contributed by atoms with van der Waals surface area (Å²) in [5, 5.41) is 5.44. The minimum atomic E-state index is 0.737. The number of anilines is 1. The van der Waals surface area contributed by atoms with E-state index in [1.165, 1.54) is 16.7 Å². The topological polar surface area (TPSA) is 41.0 Å². The number of thiophene rings is 1. The van der Waals surface area contributed by atoms with Crippen molar-refractivity contribution in [2.75, 3.05) is 31.6 Å². The largest absolute Gasteiger partial charge is 0.355 e. The van der Waals surface area contributed by atoms with E-state index in [2.05, 4.69) is 32.5 Å². The molecule has 0 spiro atoms. The SMILES string of the molecule is CNCC1CCN(c2ncnc3c(C)csc23)C1.